The van der Waals surface area contributed by atoms with Crippen molar-refractivity contribution in [3.63, 3.8) is 0 Å². The molecule has 152 valence electrons. The largest absolute Gasteiger partial charge is 0.497 e. The molecule has 0 spiro atoms. The molecule has 3 aromatic rings. The maximum absolute atomic E-state index is 12.5. The summed E-state index contributed by atoms with van der Waals surface area (Å²) in [7, 11) is 1.60. The van der Waals surface area contributed by atoms with Crippen molar-refractivity contribution >= 4 is 18.0 Å². The summed E-state index contributed by atoms with van der Waals surface area (Å²) in [5.74, 6) is -0.230. The first kappa shape index (κ1) is 20.9. The van der Waals surface area contributed by atoms with E-state index in [1.807, 2.05) is 84.9 Å². The number of nitrogens with one attached hydrogen (secondary N) is 1. The predicted molar refractivity (Wildman–Crippen MR) is 116 cm³/mol. The lowest BCUT2D eigenvalue weighted by Crippen LogP contribution is -2.32. The first-order valence-electron chi connectivity index (χ1n) is 9.54. The average Bonchev–Trinajstić information content (AvgIpc) is 2.81. The van der Waals surface area contributed by atoms with Gasteiger partial charge in [0.1, 0.15) is 5.75 Å². The Kier molecular flexibility index (Phi) is 7.39. The maximum Gasteiger partial charge on any atom is 0.331 e. The molecular formula is C25H23NO4. The first-order valence-corrected chi connectivity index (χ1v) is 9.54. The van der Waals surface area contributed by atoms with Gasteiger partial charge in [0.15, 0.2) is 6.61 Å². The van der Waals surface area contributed by atoms with E-state index in [9.17, 15) is 9.59 Å². The van der Waals surface area contributed by atoms with Crippen LogP contribution in [0, 0.1) is 0 Å². The van der Waals surface area contributed by atoms with Crippen LogP contribution in [0.2, 0.25) is 0 Å². The van der Waals surface area contributed by atoms with Crippen LogP contribution in [-0.4, -0.2) is 25.6 Å². The number of methoxy groups -OCH3 is 1. The van der Waals surface area contributed by atoms with Crippen LogP contribution in [0.1, 0.15) is 22.7 Å². The number of carbonyl (C=O) groups is 2. The van der Waals surface area contributed by atoms with Gasteiger partial charge in [0.2, 0.25) is 0 Å². The third kappa shape index (κ3) is 6.07. The van der Waals surface area contributed by atoms with E-state index in [0.29, 0.717) is 0 Å². The molecule has 1 amide bonds. The van der Waals surface area contributed by atoms with E-state index in [4.69, 9.17) is 9.47 Å². The van der Waals surface area contributed by atoms with Crippen LogP contribution >= 0.6 is 0 Å². The Bertz CT molecular complexity index is 983. The molecule has 5 nitrogen and oxygen atoms in total. The molecule has 3 aromatic carbocycles. The lowest BCUT2D eigenvalue weighted by molar-refractivity contribution is -0.143. The monoisotopic (exact) mass is 401 g/mol. The van der Waals surface area contributed by atoms with Crippen molar-refractivity contribution in [3.8, 4) is 5.75 Å². The quantitative estimate of drug-likeness (QED) is 0.455. The molecule has 5 heteroatoms. The van der Waals surface area contributed by atoms with E-state index < -0.39 is 5.97 Å². The van der Waals surface area contributed by atoms with Crippen LogP contribution in [0.15, 0.2) is 91.0 Å². The molecule has 3 rings (SSSR count). The van der Waals surface area contributed by atoms with Gasteiger partial charge in [-0.1, -0.05) is 72.8 Å². The third-order valence-electron chi connectivity index (χ3n) is 4.44. The average molecular weight is 401 g/mol. The Hall–Kier alpha value is -3.86. The molecule has 1 atom stereocenters. The Labute approximate surface area is 176 Å². The molecule has 0 fully saturated rings. The van der Waals surface area contributed by atoms with E-state index in [2.05, 4.69) is 5.32 Å². The topological polar surface area (TPSA) is 64.6 Å². The minimum absolute atomic E-state index is 0.364. The van der Waals surface area contributed by atoms with Gasteiger partial charge in [0, 0.05) is 6.08 Å². The fourth-order valence-electron chi connectivity index (χ4n) is 2.92. The summed E-state index contributed by atoms with van der Waals surface area (Å²) in [6.45, 7) is -0.364. The summed E-state index contributed by atoms with van der Waals surface area (Å²) in [6.07, 6.45) is 2.95. The highest BCUT2D eigenvalue weighted by atomic mass is 16.5. The lowest BCUT2D eigenvalue weighted by atomic mass is 9.98. The van der Waals surface area contributed by atoms with Crippen molar-refractivity contribution in [1.29, 1.82) is 0 Å². The van der Waals surface area contributed by atoms with Crippen molar-refractivity contribution in [2.75, 3.05) is 13.7 Å². The van der Waals surface area contributed by atoms with Gasteiger partial charge in [-0.3, -0.25) is 4.79 Å². The van der Waals surface area contributed by atoms with E-state index in [0.717, 1.165) is 22.4 Å². The summed E-state index contributed by atoms with van der Waals surface area (Å²) in [6, 6.07) is 26.1. The van der Waals surface area contributed by atoms with E-state index in [1.165, 1.54) is 6.08 Å². The van der Waals surface area contributed by atoms with Gasteiger partial charge < -0.3 is 14.8 Å². The molecule has 0 aliphatic heterocycles. The summed E-state index contributed by atoms with van der Waals surface area (Å²) in [5, 5.41) is 2.94. The van der Waals surface area contributed by atoms with Crippen LogP contribution in [0.4, 0.5) is 0 Å². The molecule has 0 saturated carbocycles. The number of rotatable bonds is 8. The molecule has 0 bridgehead atoms. The highest BCUT2D eigenvalue weighted by Crippen LogP contribution is 2.24. The van der Waals surface area contributed by atoms with Crippen LogP contribution in [-0.2, 0) is 14.3 Å². The Balaban J connectivity index is 1.63. The molecule has 1 N–H and O–H groups in total. The van der Waals surface area contributed by atoms with Gasteiger partial charge in [0.25, 0.3) is 5.91 Å². The van der Waals surface area contributed by atoms with E-state index in [1.54, 1.807) is 13.2 Å². The number of amides is 1. The number of esters is 1. The smallest absolute Gasteiger partial charge is 0.331 e. The molecule has 0 saturated heterocycles. The van der Waals surface area contributed by atoms with Gasteiger partial charge in [-0.2, -0.15) is 0 Å². The van der Waals surface area contributed by atoms with Crippen molar-refractivity contribution in [2.45, 2.75) is 6.04 Å². The highest BCUT2D eigenvalue weighted by molar-refractivity contribution is 5.89. The number of carbonyl (C=O) groups excluding carboxylic acids is 2. The zero-order valence-corrected chi connectivity index (χ0v) is 16.7. The zero-order valence-electron chi connectivity index (χ0n) is 16.7. The van der Waals surface area contributed by atoms with Gasteiger partial charge in [-0.25, -0.2) is 4.79 Å². The normalized spacial score (nSPS) is 11.6. The minimum atomic E-state index is -0.574. The van der Waals surface area contributed by atoms with Gasteiger partial charge in [0.05, 0.1) is 13.2 Å². The SMILES string of the molecule is COc1ccc([C@H](NC(=O)COC(=O)/C=C/c2ccccc2)c2ccccc2)cc1. The van der Waals surface area contributed by atoms with E-state index >= 15 is 0 Å². The van der Waals surface area contributed by atoms with Crippen LogP contribution in [0.25, 0.3) is 6.08 Å². The summed E-state index contributed by atoms with van der Waals surface area (Å²) >= 11 is 0. The van der Waals surface area contributed by atoms with E-state index in [-0.39, 0.29) is 18.6 Å². The van der Waals surface area contributed by atoms with Gasteiger partial charge in [-0.05, 0) is 34.9 Å². The molecule has 0 aliphatic carbocycles. The van der Waals surface area contributed by atoms with Crippen LogP contribution in [0.5, 0.6) is 5.75 Å². The summed E-state index contributed by atoms with van der Waals surface area (Å²) in [5.41, 5.74) is 2.69. The Morgan fingerprint density at radius 2 is 1.47 bits per heavy atom. The number of hydrogen-bond donors (Lipinski definition) is 1. The van der Waals surface area contributed by atoms with Gasteiger partial charge in [-0.15, -0.1) is 0 Å². The standard InChI is InChI=1S/C25H23NO4/c1-29-22-15-13-21(14-16-22)25(20-10-6-3-7-11-20)26-23(27)18-30-24(28)17-12-19-8-4-2-5-9-19/h2-17,25H,18H2,1H3,(H,26,27)/b17-12+/t25-/m1/s1. The predicted octanol–water partition coefficient (Wildman–Crippen LogP) is 4.16. The first-order chi connectivity index (χ1) is 14.7. The minimum Gasteiger partial charge on any atom is -0.497 e. The van der Waals surface area contributed by atoms with Crippen LogP contribution in [0.3, 0.4) is 0 Å². The number of benzene rings is 3. The fourth-order valence-corrected chi connectivity index (χ4v) is 2.92. The number of hydrogen-bond acceptors (Lipinski definition) is 4. The van der Waals surface area contributed by atoms with Crippen molar-refractivity contribution in [1.82, 2.24) is 5.32 Å². The molecule has 0 radical (unpaired) electrons. The summed E-state index contributed by atoms with van der Waals surface area (Å²) < 4.78 is 10.3. The molecule has 30 heavy (non-hydrogen) atoms. The molecule has 0 aliphatic rings. The van der Waals surface area contributed by atoms with Crippen molar-refractivity contribution in [2.24, 2.45) is 0 Å². The molecule has 0 unspecified atom stereocenters. The van der Waals surface area contributed by atoms with Crippen molar-refractivity contribution < 1.29 is 19.1 Å². The fraction of sp³-hybridized carbons (Fsp3) is 0.120. The van der Waals surface area contributed by atoms with Crippen LogP contribution < -0.4 is 10.1 Å². The summed E-state index contributed by atoms with van der Waals surface area (Å²) in [4.78, 5) is 24.4. The molecular weight excluding hydrogens is 378 g/mol. The maximum atomic E-state index is 12.5. The third-order valence-corrected chi connectivity index (χ3v) is 4.44. The van der Waals surface area contributed by atoms with Gasteiger partial charge >= 0.3 is 5.97 Å². The highest BCUT2D eigenvalue weighted by Gasteiger charge is 2.17. The second-order valence-corrected chi connectivity index (χ2v) is 6.54. The number of ether oxygens (including phenoxy) is 2. The lowest BCUT2D eigenvalue weighted by Gasteiger charge is -2.20. The second kappa shape index (κ2) is 10.6. The second-order valence-electron chi connectivity index (χ2n) is 6.54. The molecule has 0 heterocycles. The zero-order chi connectivity index (χ0) is 21.2. The van der Waals surface area contributed by atoms with Crippen molar-refractivity contribution in [3.05, 3.63) is 108 Å². The Morgan fingerprint density at radius 3 is 2.10 bits per heavy atom. The molecule has 0 aromatic heterocycles. The Morgan fingerprint density at radius 1 is 0.867 bits per heavy atom.